The fourth-order valence-electron chi connectivity index (χ4n) is 18.5. The molecule has 5 N–H and O–H groups in total. The normalized spacial score (nSPS) is 23.7. The van der Waals surface area contributed by atoms with Gasteiger partial charge in [0.05, 0.1) is 60.3 Å². The van der Waals surface area contributed by atoms with Crippen molar-refractivity contribution in [3.63, 3.8) is 0 Å². The lowest BCUT2D eigenvalue weighted by molar-refractivity contribution is -0.385. The number of hydrogen-bond acceptors (Lipinski definition) is 23. The van der Waals surface area contributed by atoms with E-state index in [1.165, 1.54) is 55.0 Å². The first-order valence-electron chi connectivity index (χ1n) is 42.4. The second-order valence-electron chi connectivity index (χ2n) is 33.9. The third-order valence-corrected chi connectivity index (χ3v) is 25.8. The first-order chi connectivity index (χ1) is 59.8. The summed E-state index contributed by atoms with van der Waals surface area (Å²) in [4.78, 5) is 124. The highest BCUT2D eigenvalue weighted by Crippen LogP contribution is 2.62. The summed E-state index contributed by atoms with van der Waals surface area (Å²) in [6.45, 7) is 23.6. The molecule has 6 aromatic carbocycles. The van der Waals surface area contributed by atoms with Crippen molar-refractivity contribution < 1.29 is 69.0 Å². The molecule has 0 radical (unpaired) electrons. The molecule has 1 aromatic heterocycles. The van der Waals surface area contributed by atoms with Gasteiger partial charge in [0, 0.05) is 142 Å². The molecule has 0 unspecified atom stereocenters. The Balaban J connectivity index is 0.000000232. The first kappa shape index (κ1) is 95.4. The van der Waals surface area contributed by atoms with Crippen LogP contribution in [0.25, 0.3) is 43.1 Å². The van der Waals surface area contributed by atoms with Gasteiger partial charge in [-0.1, -0.05) is 108 Å². The number of nitro benzene ring substituents is 2. The van der Waals surface area contributed by atoms with Crippen molar-refractivity contribution in [2.45, 2.75) is 170 Å². The Bertz CT molecular complexity index is 5070. The van der Waals surface area contributed by atoms with Crippen LogP contribution in [0.1, 0.15) is 139 Å². The van der Waals surface area contributed by atoms with E-state index in [4.69, 9.17) is 37.7 Å². The van der Waals surface area contributed by atoms with Crippen molar-refractivity contribution in [1.29, 1.82) is 0 Å². The minimum absolute atomic E-state index is 0.00311. The maximum atomic E-state index is 14.7. The monoisotopic (exact) mass is 1740 g/mol. The van der Waals surface area contributed by atoms with Crippen LogP contribution in [-0.2, 0) is 37.1 Å². The van der Waals surface area contributed by atoms with Crippen LogP contribution >= 0.6 is 11.6 Å². The summed E-state index contributed by atoms with van der Waals surface area (Å²) >= 11 is 4.92. The number of aliphatic hydroxyl groups excluding tert-OH is 1. The number of ether oxygens (including phenoxy) is 3. The Morgan fingerprint density at radius 3 is 1.37 bits per heavy atom. The van der Waals surface area contributed by atoms with Gasteiger partial charge in [0.2, 0.25) is 11.8 Å². The quantitative estimate of drug-likeness (QED) is 0.00518. The standard InChI is InChI=1S/C42H52N8O8.C35H49N7O4.C7H4ClNO4.C5H5N.C2H6/c1-23-26(10-9-11-33(23)27-16-28(39(51)44-6)18-31(17-27)48(7)8)22-49-38(40(52)46-35-20-29-19-34(24(35)2)42(29,4)5)37(36(58-49)21-45-47-43)25(3)56-41(53)57-32-14-12-30(13-15-32)50(54)55;1-19-22(10-9-11-27(19)23-12-24(33(44)37-6)14-26(13-23)41(7)8)18-42-32(31(21(3)43)30(46-42)17-38-40-36)34(45)39-29-16-25-15-28(20(29)2)35(25,4)5;8-7(10)13-6-3-1-5(2-4-6)9(11)12;1-2-4-6-5-3-1;1-2/h9-18,24-25,29,34-38H,19-22H2,1-8H3,(H,44,51)(H,46,52);9-14,20-21,25,28-32,43H,15-18H2,1-8H3,(H,37,44)(H,39,45);1-4H;1-5H;1-2H3/t24-,25-,29+,34-,35-,36-,37+,38-;20-,21-,25+,28-,29-,30-,31+,32-;;;/m00.../s1/i;;;;1D. The lowest BCUT2D eigenvalue weighted by Crippen LogP contribution is -2.62. The summed E-state index contributed by atoms with van der Waals surface area (Å²) in [7, 11) is 10.9. The van der Waals surface area contributed by atoms with Gasteiger partial charge in [-0.05, 0) is 228 Å². The molecule has 2 aliphatic heterocycles. The molecular formula is C91H116ClN17O16. The highest BCUT2D eigenvalue weighted by molar-refractivity contribution is 6.61. The number of azide groups is 2. The molecule has 6 aliphatic carbocycles. The number of carbonyl (C=O) groups is 6. The molecule has 2 saturated heterocycles. The molecule has 4 bridgehead atoms. The third kappa shape index (κ3) is 23.2. The van der Waals surface area contributed by atoms with Crippen LogP contribution in [0.3, 0.4) is 0 Å². The van der Waals surface area contributed by atoms with Crippen LogP contribution in [0.5, 0.6) is 11.5 Å². The summed E-state index contributed by atoms with van der Waals surface area (Å²) in [6.07, 6.45) is 3.18. The topological polar surface area (TPSA) is 427 Å². The van der Waals surface area contributed by atoms with E-state index >= 15 is 0 Å². The van der Waals surface area contributed by atoms with Crippen LogP contribution in [0.15, 0.2) is 162 Å². The number of pyridine rings is 1. The van der Waals surface area contributed by atoms with Gasteiger partial charge in [0.15, 0.2) is 0 Å². The molecule has 34 heteroatoms. The zero-order chi connectivity index (χ0) is 92.3. The van der Waals surface area contributed by atoms with Crippen LogP contribution in [0, 0.1) is 92.2 Å². The molecule has 15 rings (SSSR count). The van der Waals surface area contributed by atoms with Crippen LogP contribution in [-0.4, -0.2) is 169 Å². The molecule has 8 fully saturated rings. The SMILES string of the molecule is CNC(=O)c1cc(-c2cccc(CN3O[C@@H](CN=[N+]=[N-])[C@@H]([C@H](C)O)[C@H]3C(=O)N[C@H]3C[C@H]4C[C@@H]([C@@H]3C)C4(C)C)c2C)cc(N(C)C)c1.CNC(=O)c1cc(-c2cccc(CN3O[C@@H](CN=[N+]=[N-])[C@@H]([C@H](C)OC(=O)Oc4ccc([N+](=O)[O-])cc4)[C@H]3C(=O)N[C@H]3C[C@H]4C[C@@H]([C@@H]3C)C4(C)C)c2C)cc(N(C)C)c1.O=C(Cl)Oc1ccc([N+](=O)[O-])cc1.[2H]CC.c1ccncc1. The van der Waals surface area contributed by atoms with E-state index in [2.05, 4.69) is 98.6 Å². The van der Waals surface area contributed by atoms with E-state index in [9.17, 15) is 59.6 Å². The fourth-order valence-corrected chi connectivity index (χ4v) is 18.6. The van der Waals surface area contributed by atoms with Crippen molar-refractivity contribution >= 4 is 69.6 Å². The molecule has 16 atom stereocenters. The van der Waals surface area contributed by atoms with Gasteiger partial charge in [-0.2, -0.15) is 10.1 Å². The highest BCUT2D eigenvalue weighted by Gasteiger charge is 2.60. The van der Waals surface area contributed by atoms with Crippen molar-refractivity contribution in [1.82, 2.24) is 36.4 Å². The fraction of sp³-hybridized carbons (Fsp3) is 0.484. The largest absolute Gasteiger partial charge is 0.514 e. The summed E-state index contributed by atoms with van der Waals surface area (Å²) in [5.74, 6) is 0.646. The number of hydroxylamine groups is 4. The Morgan fingerprint density at radius 1 is 0.632 bits per heavy atom. The minimum Gasteiger partial charge on any atom is -0.430 e. The molecule has 7 aromatic rings. The average molecular weight is 1740 g/mol. The van der Waals surface area contributed by atoms with E-state index in [0.717, 1.165) is 75.1 Å². The third-order valence-electron chi connectivity index (χ3n) is 25.8. The first-order valence-corrected chi connectivity index (χ1v) is 42.0. The van der Waals surface area contributed by atoms with Gasteiger partial charge < -0.3 is 50.4 Å². The number of nitrogens with zero attached hydrogens (tertiary/aromatic N) is 13. The Hall–Kier alpha value is -11.8. The lowest BCUT2D eigenvalue weighted by atomic mass is 9.45. The van der Waals surface area contributed by atoms with Gasteiger partial charge in [0.1, 0.15) is 29.7 Å². The van der Waals surface area contributed by atoms with Crippen molar-refractivity contribution in [2.24, 2.45) is 68.4 Å². The second kappa shape index (κ2) is 43.2. The number of fused-ring (bicyclic) bond motifs is 4. The number of amides is 4. The predicted octanol–water partition coefficient (Wildman–Crippen LogP) is 16.7. The molecule has 3 heterocycles. The molecule has 6 saturated carbocycles. The van der Waals surface area contributed by atoms with Gasteiger partial charge >= 0.3 is 11.6 Å². The number of halogens is 1. The van der Waals surface area contributed by atoms with Gasteiger partial charge in [0.25, 0.3) is 23.2 Å². The van der Waals surface area contributed by atoms with Crippen molar-refractivity contribution in [3.8, 4) is 33.8 Å². The zero-order valence-corrected chi connectivity index (χ0v) is 74.6. The molecular weight excluding hydrogens is 1620 g/mol. The number of nitro groups is 2. The summed E-state index contributed by atoms with van der Waals surface area (Å²) in [6, 6.07) is 37.3. The smallest absolute Gasteiger partial charge is 0.430 e. The van der Waals surface area contributed by atoms with E-state index in [0.29, 0.717) is 53.0 Å². The number of aliphatic hydroxyl groups is 1. The van der Waals surface area contributed by atoms with Crippen LogP contribution < -0.4 is 40.5 Å². The van der Waals surface area contributed by atoms with E-state index in [-0.39, 0.29) is 96.1 Å². The van der Waals surface area contributed by atoms with Crippen molar-refractivity contribution in [3.05, 3.63) is 226 Å². The summed E-state index contributed by atoms with van der Waals surface area (Å²) in [5, 5.41) is 55.2. The van der Waals surface area contributed by atoms with Gasteiger partial charge in [-0.3, -0.25) is 54.1 Å². The molecule has 125 heavy (non-hydrogen) atoms. The van der Waals surface area contributed by atoms with Crippen molar-refractivity contribution in [2.75, 3.05) is 65.2 Å². The highest BCUT2D eigenvalue weighted by atomic mass is 35.5. The number of non-ortho nitro benzene ring substituents is 2. The molecule has 33 nitrogen and oxygen atoms in total. The maximum Gasteiger partial charge on any atom is 0.514 e. The van der Waals surface area contributed by atoms with Gasteiger partial charge in [-0.15, -0.1) is 0 Å². The van der Waals surface area contributed by atoms with E-state index in [1.807, 2.05) is 137 Å². The number of aromatic nitrogens is 1. The number of benzene rings is 6. The zero-order valence-electron chi connectivity index (χ0n) is 74.8. The predicted molar refractivity (Wildman–Crippen MR) is 476 cm³/mol. The average Bonchev–Trinajstić information content (AvgIpc) is 0.860. The second-order valence-corrected chi connectivity index (χ2v) is 34.2. The number of carbonyl (C=O) groups excluding carboxylic acids is 6. The number of rotatable bonds is 25. The molecule has 0 spiro atoms. The lowest BCUT2D eigenvalue weighted by Gasteiger charge is -2.62. The molecule has 4 amide bonds. The van der Waals surface area contributed by atoms with Gasteiger partial charge in [-0.25, -0.2) is 9.59 Å². The van der Waals surface area contributed by atoms with Crippen LogP contribution in [0.4, 0.5) is 32.3 Å². The Kier molecular flexibility index (Phi) is 33.0. The molecule has 668 valence electrons. The summed E-state index contributed by atoms with van der Waals surface area (Å²) < 4.78 is 21.8. The Labute approximate surface area is 735 Å². The van der Waals surface area contributed by atoms with E-state index < -0.39 is 69.8 Å². The summed E-state index contributed by atoms with van der Waals surface area (Å²) in [5.41, 5.74) is 27.8. The van der Waals surface area contributed by atoms with Crippen LogP contribution in [0.2, 0.25) is 0 Å². The maximum absolute atomic E-state index is 14.7. The van der Waals surface area contributed by atoms with E-state index in [1.54, 1.807) is 57.4 Å². The number of nitrogens with one attached hydrogen (secondary N) is 4. The Morgan fingerprint density at radius 2 is 1.03 bits per heavy atom. The number of hydrogen-bond donors (Lipinski definition) is 5. The minimum atomic E-state index is -1.08. The number of anilines is 2. The molecule has 8 aliphatic rings.